The molecule has 7 heteroatoms. The first kappa shape index (κ1) is 13.4. The molecule has 2 aromatic heterocycles. The summed E-state index contributed by atoms with van der Waals surface area (Å²) in [7, 11) is 0. The largest absolute Gasteiger partial charge is 0.340 e. The molecule has 0 bridgehead atoms. The van der Waals surface area contributed by atoms with Crippen molar-refractivity contribution in [1.29, 1.82) is 0 Å². The first-order valence-corrected chi connectivity index (χ1v) is 6.72. The quantitative estimate of drug-likeness (QED) is 0.656. The van der Waals surface area contributed by atoms with Gasteiger partial charge in [0, 0.05) is 19.4 Å². The minimum absolute atomic E-state index is 0.524. The van der Waals surface area contributed by atoms with Gasteiger partial charge in [-0.1, -0.05) is 40.6 Å². The Morgan fingerprint density at radius 1 is 1.05 bits per heavy atom. The summed E-state index contributed by atoms with van der Waals surface area (Å²) in [4.78, 5) is 8.29. The number of nitrogens with zero attached hydrogens (tertiary/aromatic N) is 4. The van der Waals surface area contributed by atoms with Crippen LogP contribution < -0.4 is 5.32 Å². The molecule has 108 valence electrons. The fraction of sp³-hybridized carbons (Fsp3) is 0.286. The summed E-state index contributed by atoms with van der Waals surface area (Å²) < 4.78 is 10.1. The van der Waals surface area contributed by atoms with Crippen LogP contribution in [0, 0.1) is 0 Å². The zero-order valence-electron chi connectivity index (χ0n) is 11.4. The van der Waals surface area contributed by atoms with Crippen molar-refractivity contribution in [3.63, 3.8) is 0 Å². The van der Waals surface area contributed by atoms with Crippen LogP contribution in [0.5, 0.6) is 0 Å². The number of hydrogen-bond acceptors (Lipinski definition) is 7. The molecule has 0 saturated heterocycles. The maximum absolute atomic E-state index is 5.20. The molecule has 0 aliphatic carbocycles. The highest BCUT2D eigenvalue weighted by molar-refractivity contribution is 5.18. The van der Waals surface area contributed by atoms with E-state index in [0.29, 0.717) is 43.5 Å². The van der Waals surface area contributed by atoms with E-state index in [1.165, 1.54) is 6.33 Å². The van der Waals surface area contributed by atoms with Crippen molar-refractivity contribution < 1.29 is 9.05 Å². The van der Waals surface area contributed by atoms with E-state index >= 15 is 0 Å². The van der Waals surface area contributed by atoms with Gasteiger partial charge in [0.2, 0.25) is 11.8 Å². The van der Waals surface area contributed by atoms with Crippen LogP contribution in [0.15, 0.2) is 45.7 Å². The summed E-state index contributed by atoms with van der Waals surface area (Å²) in [6, 6.07) is 10.1. The van der Waals surface area contributed by atoms with Crippen molar-refractivity contribution in [2.75, 3.05) is 6.54 Å². The van der Waals surface area contributed by atoms with Crippen molar-refractivity contribution in [2.24, 2.45) is 0 Å². The Kier molecular flexibility index (Phi) is 4.33. The first-order chi connectivity index (χ1) is 10.4. The van der Waals surface area contributed by atoms with Crippen LogP contribution in [0.25, 0.3) is 0 Å². The maximum Gasteiger partial charge on any atom is 0.240 e. The van der Waals surface area contributed by atoms with Gasteiger partial charge in [-0.25, -0.2) is 0 Å². The van der Waals surface area contributed by atoms with Gasteiger partial charge in [0.25, 0.3) is 0 Å². The molecule has 0 atom stereocenters. The first-order valence-electron chi connectivity index (χ1n) is 6.72. The molecule has 0 saturated carbocycles. The van der Waals surface area contributed by atoms with E-state index < -0.39 is 0 Å². The highest BCUT2D eigenvalue weighted by Gasteiger charge is 2.07. The number of nitrogens with one attached hydrogen (secondary N) is 1. The highest BCUT2D eigenvalue weighted by Crippen LogP contribution is 2.06. The molecular weight excluding hydrogens is 270 g/mol. The average molecular weight is 285 g/mol. The SMILES string of the molecule is c1ccc(Cc2noc(CNCCc3ncno3)n2)cc1. The van der Waals surface area contributed by atoms with E-state index in [0.717, 1.165) is 5.56 Å². The lowest BCUT2D eigenvalue weighted by atomic mass is 10.1. The molecule has 0 spiro atoms. The second-order valence-corrected chi connectivity index (χ2v) is 4.53. The van der Waals surface area contributed by atoms with Gasteiger partial charge in [0.1, 0.15) is 0 Å². The van der Waals surface area contributed by atoms with Crippen LogP contribution in [0.4, 0.5) is 0 Å². The van der Waals surface area contributed by atoms with Gasteiger partial charge in [0.05, 0.1) is 6.54 Å². The third-order valence-corrected chi connectivity index (χ3v) is 2.91. The standard InChI is InChI=1S/C14H15N5O2/c1-2-4-11(5-3-1)8-12-18-14(21-19-12)9-15-7-6-13-16-10-17-20-13/h1-5,10,15H,6-9H2. The van der Waals surface area contributed by atoms with E-state index in [9.17, 15) is 0 Å². The van der Waals surface area contributed by atoms with E-state index in [2.05, 4.69) is 25.6 Å². The van der Waals surface area contributed by atoms with E-state index in [1.54, 1.807) is 0 Å². The third kappa shape index (κ3) is 3.96. The molecule has 3 rings (SSSR count). The molecule has 21 heavy (non-hydrogen) atoms. The Morgan fingerprint density at radius 2 is 1.95 bits per heavy atom. The van der Waals surface area contributed by atoms with Crippen LogP contribution in [-0.4, -0.2) is 26.8 Å². The van der Waals surface area contributed by atoms with E-state index in [-0.39, 0.29) is 0 Å². The van der Waals surface area contributed by atoms with Gasteiger partial charge in [-0.3, -0.25) is 0 Å². The zero-order chi connectivity index (χ0) is 14.3. The second kappa shape index (κ2) is 6.76. The minimum atomic E-state index is 0.524. The van der Waals surface area contributed by atoms with E-state index in [4.69, 9.17) is 9.05 Å². The smallest absolute Gasteiger partial charge is 0.240 e. The molecule has 0 unspecified atom stereocenters. The third-order valence-electron chi connectivity index (χ3n) is 2.91. The van der Waals surface area contributed by atoms with Crippen LogP contribution in [0.2, 0.25) is 0 Å². The average Bonchev–Trinajstić information content (AvgIpc) is 3.17. The number of rotatable bonds is 7. The molecule has 7 nitrogen and oxygen atoms in total. The van der Waals surface area contributed by atoms with E-state index in [1.807, 2.05) is 30.3 Å². The number of benzene rings is 1. The topological polar surface area (TPSA) is 89.9 Å². The molecule has 2 heterocycles. The van der Waals surface area contributed by atoms with Crippen molar-refractivity contribution >= 4 is 0 Å². The zero-order valence-corrected chi connectivity index (χ0v) is 11.4. The normalized spacial score (nSPS) is 10.9. The Hall–Kier alpha value is -2.54. The van der Waals surface area contributed by atoms with Crippen LogP contribution >= 0.6 is 0 Å². The number of hydrogen-bond donors (Lipinski definition) is 1. The van der Waals surface area contributed by atoms with Gasteiger partial charge in [0.15, 0.2) is 12.2 Å². The minimum Gasteiger partial charge on any atom is -0.340 e. The van der Waals surface area contributed by atoms with Gasteiger partial charge < -0.3 is 14.4 Å². The second-order valence-electron chi connectivity index (χ2n) is 4.53. The fourth-order valence-corrected chi connectivity index (χ4v) is 1.91. The summed E-state index contributed by atoms with van der Waals surface area (Å²) in [6.45, 7) is 1.23. The molecule has 1 aromatic carbocycles. The lowest BCUT2D eigenvalue weighted by Gasteiger charge is -1.97. The summed E-state index contributed by atoms with van der Waals surface area (Å²) in [5.41, 5.74) is 1.16. The molecule has 0 amide bonds. The Balaban J connectivity index is 1.44. The maximum atomic E-state index is 5.20. The van der Waals surface area contributed by atoms with Gasteiger partial charge in [-0.15, -0.1) is 0 Å². The lowest BCUT2D eigenvalue weighted by Crippen LogP contribution is -2.17. The summed E-state index contributed by atoms with van der Waals surface area (Å²) in [6.07, 6.45) is 2.74. The van der Waals surface area contributed by atoms with Crippen molar-refractivity contribution in [3.05, 3.63) is 59.8 Å². The Labute approximate surface area is 121 Å². The van der Waals surface area contributed by atoms with Gasteiger partial charge in [-0.05, 0) is 5.56 Å². The summed E-state index contributed by atoms with van der Waals surface area (Å²) >= 11 is 0. The molecule has 1 N–H and O–H groups in total. The lowest BCUT2D eigenvalue weighted by molar-refractivity contribution is 0.356. The molecular formula is C14H15N5O2. The van der Waals surface area contributed by atoms with Crippen LogP contribution in [0.1, 0.15) is 23.2 Å². The van der Waals surface area contributed by atoms with Gasteiger partial charge in [-0.2, -0.15) is 9.97 Å². The predicted molar refractivity (Wildman–Crippen MR) is 73.3 cm³/mol. The predicted octanol–water partition coefficient (Wildman–Crippen LogP) is 1.38. The van der Waals surface area contributed by atoms with Crippen molar-refractivity contribution in [1.82, 2.24) is 25.6 Å². The summed E-state index contributed by atoms with van der Waals surface area (Å²) in [5.74, 6) is 1.87. The van der Waals surface area contributed by atoms with Gasteiger partial charge >= 0.3 is 0 Å². The monoisotopic (exact) mass is 285 g/mol. The Morgan fingerprint density at radius 3 is 2.76 bits per heavy atom. The van der Waals surface area contributed by atoms with Crippen molar-refractivity contribution in [2.45, 2.75) is 19.4 Å². The molecule has 0 aliphatic rings. The Bertz CT molecular complexity index is 651. The molecule has 0 fully saturated rings. The van der Waals surface area contributed by atoms with Crippen molar-refractivity contribution in [3.8, 4) is 0 Å². The molecule has 3 aromatic rings. The highest BCUT2D eigenvalue weighted by atomic mass is 16.5. The molecule has 0 aliphatic heterocycles. The number of aromatic nitrogens is 4. The van der Waals surface area contributed by atoms with Crippen LogP contribution in [-0.2, 0) is 19.4 Å². The fourth-order valence-electron chi connectivity index (χ4n) is 1.91. The molecule has 0 radical (unpaired) electrons. The van der Waals surface area contributed by atoms with Crippen LogP contribution in [0.3, 0.4) is 0 Å². The summed E-state index contributed by atoms with van der Waals surface area (Å²) in [5, 5.41) is 10.7.